The zero-order valence-electron chi connectivity index (χ0n) is 9.66. The van der Waals surface area contributed by atoms with Gasteiger partial charge in [0.15, 0.2) is 0 Å². The molecule has 1 fully saturated rings. The largest absolute Gasteiger partial charge is 0.399 e. The molecule has 1 aromatic rings. The molecule has 1 heterocycles. The van der Waals surface area contributed by atoms with Gasteiger partial charge in [0.1, 0.15) is 0 Å². The van der Waals surface area contributed by atoms with Crippen LogP contribution >= 0.6 is 15.9 Å². The molecule has 0 unspecified atom stereocenters. The van der Waals surface area contributed by atoms with Gasteiger partial charge >= 0.3 is 0 Å². The van der Waals surface area contributed by atoms with Crippen LogP contribution in [-0.2, 0) is 4.74 Å². The van der Waals surface area contributed by atoms with Gasteiger partial charge in [-0.1, -0.05) is 0 Å². The van der Waals surface area contributed by atoms with Gasteiger partial charge in [-0.15, -0.1) is 0 Å². The van der Waals surface area contributed by atoms with E-state index in [1.807, 2.05) is 12.1 Å². The first-order chi connectivity index (χ1) is 7.48. The van der Waals surface area contributed by atoms with Crippen LogP contribution in [0.25, 0.3) is 0 Å². The second-order valence-electron chi connectivity index (χ2n) is 4.74. The van der Waals surface area contributed by atoms with Gasteiger partial charge in [0, 0.05) is 23.2 Å². The number of nitrogens with zero attached hydrogens (tertiary/aromatic N) is 1. The van der Waals surface area contributed by atoms with Crippen LogP contribution in [0.4, 0.5) is 11.4 Å². The molecule has 2 N–H and O–H groups in total. The van der Waals surface area contributed by atoms with Crippen molar-refractivity contribution in [2.45, 2.75) is 19.4 Å². The number of morpholine rings is 1. The highest BCUT2D eigenvalue weighted by molar-refractivity contribution is 9.10. The predicted octanol–water partition coefficient (Wildman–Crippen LogP) is 2.65. The SMILES string of the molecule is CC1(C)CN(c2ccc(N)cc2Br)CCO1. The molecule has 16 heavy (non-hydrogen) atoms. The molecule has 88 valence electrons. The molecule has 1 saturated heterocycles. The van der Waals surface area contributed by atoms with Crippen LogP contribution in [-0.4, -0.2) is 25.3 Å². The smallest absolute Gasteiger partial charge is 0.0801 e. The van der Waals surface area contributed by atoms with E-state index < -0.39 is 0 Å². The lowest BCUT2D eigenvalue weighted by Gasteiger charge is -2.39. The van der Waals surface area contributed by atoms with Crippen LogP contribution in [0.2, 0.25) is 0 Å². The highest BCUT2D eigenvalue weighted by atomic mass is 79.9. The van der Waals surface area contributed by atoms with Crippen molar-refractivity contribution in [2.75, 3.05) is 30.3 Å². The molecular weight excluding hydrogens is 268 g/mol. The maximum absolute atomic E-state index is 5.74. The van der Waals surface area contributed by atoms with Crippen molar-refractivity contribution in [1.82, 2.24) is 0 Å². The molecule has 3 nitrogen and oxygen atoms in total. The average molecular weight is 285 g/mol. The fourth-order valence-corrected chi connectivity index (χ4v) is 2.65. The molecule has 1 aliphatic heterocycles. The Bertz CT molecular complexity index is 393. The third kappa shape index (κ3) is 2.50. The summed E-state index contributed by atoms with van der Waals surface area (Å²) in [7, 11) is 0. The van der Waals surface area contributed by atoms with E-state index in [4.69, 9.17) is 10.5 Å². The van der Waals surface area contributed by atoms with E-state index in [0.29, 0.717) is 0 Å². The number of rotatable bonds is 1. The van der Waals surface area contributed by atoms with E-state index in [1.165, 1.54) is 5.69 Å². The van der Waals surface area contributed by atoms with Gasteiger partial charge in [0.25, 0.3) is 0 Å². The number of halogens is 1. The molecule has 0 spiro atoms. The van der Waals surface area contributed by atoms with Crippen LogP contribution in [0, 0.1) is 0 Å². The summed E-state index contributed by atoms with van der Waals surface area (Å²) in [6.45, 7) is 6.82. The van der Waals surface area contributed by atoms with Crippen molar-refractivity contribution in [3.8, 4) is 0 Å². The van der Waals surface area contributed by atoms with Gasteiger partial charge in [0.2, 0.25) is 0 Å². The molecule has 1 aromatic carbocycles. The summed E-state index contributed by atoms with van der Waals surface area (Å²) in [6.07, 6.45) is 0. The zero-order chi connectivity index (χ0) is 11.8. The van der Waals surface area contributed by atoms with E-state index in [1.54, 1.807) is 0 Å². The first-order valence-corrected chi connectivity index (χ1v) is 6.21. The number of benzene rings is 1. The van der Waals surface area contributed by atoms with Crippen LogP contribution in [0.15, 0.2) is 22.7 Å². The van der Waals surface area contributed by atoms with Crippen LogP contribution < -0.4 is 10.6 Å². The molecule has 0 bridgehead atoms. The monoisotopic (exact) mass is 284 g/mol. The summed E-state index contributed by atoms with van der Waals surface area (Å²) in [5, 5.41) is 0. The first kappa shape index (κ1) is 11.7. The van der Waals surface area contributed by atoms with E-state index in [2.05, 4.69) is 40.7 Å². The van der Waals surface area contributed by atoms with Crippen molar-refractivity contribution in [1.29, 1.82) is 0 Å². The molecule has 0 atom stereocenters. The Hall–Kier alpha value is -0.740. The molecule has 0 saturated carbocycles. The lowest BCUT2D eigenvalue weighted by Crippen LogP contribution is -2.48. The number of anilines is 2. The third-order valence-corrected chi connectivity index (χ3v) is 3.37. The molecule has 2 rings (SSSR count). The highest BCUT2D eigenvalue weighted by Gasteiger charge is 2.27. The summed E-state index contributed by atoms with van der Waals surface area (Å²) in [5.41, 5.74) is 7.62. The van der Waals surface area contributed by atoms with E-state index in [-0.39, 0.29) is 5.60 Å². The van der Waals surface area contributed by atoms with Gasteiger partial charge < -0.3 is 15.4 Å². The summed E-state index contributed by atoms with van der Waals surface area (Å²) in [6, 6.07) is 5.93. The van der Waals surface area contributed by atoms with E-state index in [0.717, 1.165) is 29.9 Å². The average Bonchev–Trinajstić information content (AvgIpc) is 2.15. The summed E-state index contributed by atoms with van der Waals surface area (Å²) in [5.74, 6) is 0. The van der Waals surface area contributed by atoms with Gasteiger partial charge in [-0.3, -0.25) is 0 Å². The first-order valence-electron chi connectivity index (χ1n) is 5.42. The molecule has 4 heteroatoms. The van der Waals surface area contributed by atoms with Gasteiger partial charge in [-0.05, 0) is 48.0 Å². The lowest BCUT2D eigenvalue weighted by atomic mass is 10.1. The third-order valence-electron chi connectivity index (χ3n) is 2.74. The fourth-order valence-electron chi connectivity index (χ4n) is 2.00. The normalized spacial score (nSPS) is 19.8. The number of ether oxygens (including phenoxy) is 1. The van der Waals surface area contributed by atoms with E-state index in [9.17, 15) is 0 Å². The van der Waals surface area contributed by atoms with Gasteiger partial charge in [-0.2, -0.15) is 0 Å². The van der Waals surface area contributed by atoms with Crippen LogP contribution in [0.5, 0.6) is 0 Å². The number of nitrogen functional groups attached to an aromatic ring is 1. The number of nitrogens with two attached hydrogens (primary N) is 1. The summed E-state index contributed by atoms with van der Waals surface area (Å²) >= 11 is 3.56. The van der Waals surface area contributed by atoms with Crippen molar-refractivity contribution in [3.63, 3.8) is 0 Å². The minimum Gasteiger partial charge on any atom is -0.399 e. The maximum Gasteiger partial charge on any atom is 0.0801 e. The Labute approximate surface area is 105 Å². The Morgan fingerprint density at radius 1 is 1.44 bits per heavy atom. The van der Waals surface area contributed by atoms with Gasteiger partial charge in [0.05, 0.1) is 17.9 Å². The van der Waals surface area contributed by atoms with Crippen molar-refractivity contribution in [2.24, 2.45) is 0 Å². The topological polar surface area (TPSA) is 38.5 Å². The fraction of sp³-hybridized carbons (Fsp3) is 0.500. The number of hydrogen-bond acceptors (Lipinski definition) is 3. The molecule has 0 aromatic heterocycles. The van der Waals surface area contributed by atoms with E-state index >= 15 is 0 Å². The molecule has 0 amide bonds. The van der Waals surface area contributed by atoms with Crippen molar-refractivity contribution < 1.29 is 4.74 Å². The summed E-state index contributed by atoms with van der Waals surface area (Å²) < 4.78 is 6.75. The summed E-state index contributed by atoms with van der Waals surface area (Å²) in [4.78, 5) is 2.33. The maximum atomic E-state index is 5.74. The second kappa shape index (κ2) is 4.26. The van der Waals surface area contributed by atoms with Gasteiger partial charge in [-0.25, -0.2) is 0 Å². The molecule has 0 aliphatic carbocycles. The minimum absolute atomic E-state index is 0.0842. The Morgan fingerprint density at radius 3 is 2.81 bits per heavy atom. The standard InChI is InChI=1S/C12H17BrN2O/c1-12(2)8-15(5-6-16-12)11-4-3-9(14)7-10(11)13/h3-4,7H,5-6,8,14H2,1-2H3. The quantitative estimate of drug-likeness (QED) is 0.806. The Morgan fingerprint density at radius 2 is 2.19 bits per heavy atom. The van der Waals surface area contributed by atoms with Crippen molar-refractivity contribution >= 4 is 27.3 Å². The minimum atomic E-state index is -0.0842. The number of hydrogen-bond donors (Lipinski definition) is 1. The Kier molecular flexibility index (Phi) is 3.13. The van der Waals surface area contributed by atoms with Crippen LogP contribution in [0.3, 0.4) is 0 Å². The lowest BCUT2D eigenvalue weighted by molar-refractivity contribution is -0.0277. The Balaban J connectivity index is 2.23. The highest BCUT2D eigenvalue weighted by Crippen LogP contribution is 2.31. The predicted molar refractivity (Wildman–Crippen MR) is 70.8 cm³/mol. The molecule has 1 aliphatic rings. The molecular formula is C12H17BrN2O. The van der Waals surface area contributed by atoms with Crippen LogP contribution in [0.1, 0.15) is 13.8 Å². The van der Waals surface area contributed by atoms with Crippen molar-refractivity contribution in [3.05, 3.63) is 22.7 Å². The zero-order valence-corrected chi connectivity index (χ0v) is 11.3. The second-order valence-corrected chi connectivity index (χ2v) is 5.59. The molecule has 0 radical (unpaired) electrons.